The van der Waals surface area contributed by atoms with Crippen LogP contribution in [0.15, 0.2) is 0 Å². The van der Waals surface area contributed by atoms with E-state index in [9.17, 15) is 70.7 Å². The van der Waals surface area contributed by atoms with Crippen LogP contribution < -0.4 is 0 Å². The van der Waals surface area contributed by atoms with Crippen molar-refractivity contribution in [2.75, 3.05) is 0 Å². The standard InChI is InChI=1S/C8HF15O2.Cu/c9-2(10,1(24)25)3(11,12)4(13,14)5(15,16)6(17,18)7(19,20)8(21,22)23;/h(H,24,25);. The summed E-state index contributed by atoms with van der Waals surface area (Å²) in [5, 5.41) is 7.57. The van der Waals surface area contributed by atoms with Crippen molar-refractivity contribution in [1.29, 1.82) is 0 Å². The van der Waals surface area contributed by atoms with E-state index in [1.54, 1.807) is 0 Å². The van der Waals surface area contributed by atoms with E-state index in [-0.39, 0.29) is 17.1 Å². The Morgan fingerprint density at radius 2 is 0.731 bits per heavy atom. The molecule has 0 aliphatic carbocycles. The summed E-state index contributed by atoms with van der Waals surface area (Å²) < 4.78 is 187. The molecule has 1 N–H and O–H groups in total. The molecule has 18 heteroatoms. The minimum absolute atomic E-state index is 0. The molecule has 0 heterocycles. The summed E-state index contributed by atoms with van der Waals surface area (Å²) in [6.45, 7) is 0. The smallest absolute Gasteiger partial charge is 0.460 e. The Morgan fingerprint density at radius 3 is 0.962 bits per heavy atom. The van der Waals surface area contributed by atoms with Gasteiger partial charge in [0.15, 0.2) is 0 Å². The number of carboxylic acids is 1. The van der Waals surface area contributed by atoms with E-state index in [0.717, 1.165) is 0 Å². The van der Waals surface area contributed by atoms with Gasteiger partial charge in [0, 0.05) is 17.1 Å². The number of rotatable bonds is 6. The molecule has 0 unspecified atom stereocenters. The van der Waals surface area contributed by atoms with Crippen molar-refractivity contribution in [3.63, 3.8) is 0 Å². The monoisotopic (exact) mass is 477 g/mol. The third-order valence-corrected chi connectivity index (χ3v) is 2.60. The first-order chi connectivity index (χ1) is 10.4. The zero-order valence-electron chi connectivity index (χ0n) is 10.8. The zero-order valence-corrected chi connectivity index (χ0v) is 11.8. The molecule has 0 aromatic rings. The number of alkyl halides is 15. The average Bonchev–Trinajstić information content (AvgIpc) is 2.35. The molecule has 26 heavy (non-hydrogen) atoms. The molecule has 0 saturated carbocycles. The second-order valence-electron chi connectivity index (χ2n) is 4.25. The van der Waals surface area contributed by atoms with Crippen molar-refractivity contribution in [2.45, 2.75) is 41.7 Å². The molecule has 2 nitrogen and oxygen atoms in total. The molecule has 0 aliphatic heterocycles. The third kappa shape index (κ3) is 3.18. The van der Waals surface area contributed by atoms with Gasteiger partial charge in [0.25, 0.3) is 0 Å². The van der Waals surface area contributed by atoms with E-state index >= 15 is 0 Å². The van der Waals surface area contributed by atoms with Crippen LogP contribution in [-0.4, -0.2) is 52.8 Å². The minimum Gasteiger partial charge on any atom is -0.477 e. The molecule has 0 amide bonds. The van der Waals surface area contributed by atoms with Crippen molar-refractivity contribution in [3.8, 4) is 0 Å². The van der Waals surface area contributed by atoms with Crippen LogP contribution in [0.3, 0.4) is 0 Å². The molecular formula is C8HCuF15O2. The number of hydrogen-bond acceptors (Lipinski definition) is 1. The molecule has 0 aliphatic rings. The van der Waals surface area contributed by atoms with Gasteiger partial charge in [-0.2, -0.15) is 65.9 Å². The zero-order chi connectivity index (χ0) is 21.1. The molecular weight excluding hydrogens is 477 g/mol. The second-order valence-corrected chi connectivity index (χ2v) is 4.25. The van der Waals surface area contributed by atoms with E-state index in [4.69, 9.17) is 5.11 Å². The molecule has 161 valence electrons. The Balaban J connectivity index is 0. The van der Waals surface area contributed by atoms with Gasteiger partial charge in [0.05, 0.1) is 0 Å². The summed E-state index contributed by atoms with van der Waals surface area (Å²) in [6, 6.07) is 0. The summed E-state index contributed by atoms with van der Waals surface area (Å²) >= 11 is 0. The van der Waals surface area contributed by atoms with Crippen molar-refractivity contribution in [3.05, 3.63) is 0 Å². The van der Waals surface area contributed by atoms with Crippen LogP contribution in [0.25, 0.3) is 0 Å². The van der Waals surface area contributed by atoms with Gasteiger partial charge < -0.3 is 5.11 Å². The van der Waals surface area contributed by atoms with Crippen molar-refractivity contribution < 1.29 is 92.8 Å². The number of aliphatic carboxylic acids is 1. The van der Waals surface area contributed by atoms with Gasteiger partial charge in [0.1, 0.15) is 0 Å². The maximum absolute atomic E-state index is 12.8. The quantitative estimate of drug-likeness (QED) is 0.454. The fourth-order valence-electron chi connectivity index (χ4n) is 1.10. The predicted octanol–water partition coefficient (Wildman–Crippen LogP) is 4.44. The minimum atomic E-state index is -8.47. The molecule has 0 aromatic carbocycles. The molecule has 0 saturated heterocycles. The van der Waals surface area contributed by atoms with Crippen LogP contribution in [0.5, 0.6) is 0 Å². The van der Waals surface area contributed by atoms with Gasteiger partial charge in [0.2, 0.25) is 0 Å². The fraction of sp³-hybridized carbons (Fsp3) is 0.875. The van der Waals surface area contributed by atoms with E-state index in [1.807, 2.05) is 0 Å². The Bertz CT molecular complexity index is 536. The second kappa shape index (κ2) is 6.52. The summed E-state index contributed by atoms with van der Waals surface area (Å²) in [5.74, 6) is -52.8. The Morgan fingerprint density at radius 1 is 0.500 bits per heavy atom. The van der Waals surface area contributed by atoms with Crippen LogP contribution >= 0.6 is 0 Å². The maximum atomic E-state index is 12.8. The number of halogens is 15. The topological polar surface area (TPSA) is 37.3 Å². The molecule has 0 fully saturated rings. The average molecular weight is 478 g/mol. The summed E-state index contributed by atoms with van der Waals surface area (Å²) in [5.41, 5.74) is 0. The Kier molecular flexibility index (Phi) is 6.82. The van der Waals surface area contributed by atoms with E-state index in [0.29, 0.717) is 0 Å². The van der Waals surface area contributed by atoms with E-state index in [1.165, 1.54) is 0 Å². The third-order valence-electron chi connectivity index (χ3n) is 2.60. The van der Waals surface area contributed by atoms with Gasteiger partial charge in [-0.15, -0.1) is 0 Å². The van der Waals surface area contributed by atoms with Gasteiger partial charge >= 0.3 is 47.7 Å². The molecule has 0 aromatic heterocycles. The molecule has 1 radical (unpaired) electrons. The summed E-state index contributed by atoms with van der Waals surface area (Å²) in [6.07, 6.45) is -7.69. The van der Waals surface area contributed by atoms with Gasteiger partial charge in [-0.1, -0.05) is 0 Å². The van der Waals surface area contributed by atoms with E-state index in [2.05, 4.69) is 0 Å². The molecule has 0 bridgehead atoms. The van der Waals surface area contributed by atoms with Crippen LogP contribution in [0.2, 0.25) is 0 Å². The number of carboxylic acid groups (broad SMARTS) is 1. The first kappa shape index (κ1) is 27.2. The van der Waals surface area contributed by atoms with Crippen molar-refractivity contribution in [2.24, 2.45) is 0 Å². The number of carbonyl (C=O) groups is 1. The van der Waals surface area contributed by atoms with E-state index < -0.39 is 47.7 Å². The normalized spacial score (nSPS) is 15.5. The summed E-state index contributed by atoms with van der Waals surface area (Å²) in [4.78, 5) is 9.72. The first-order valence-electron chi connectivity index (χ1n) is 5.01. The van der Waals surface area contributed by atoms with Gasteiger partial charge in [-0.3, -0.25) is 0 Å². The summed E-state index contributed by atoms with van der Waals surface area (Å²) in [7, 11) is 0. The Hall–Kier alpha value is -1.06. The molecule has 0 atom stereocenters. The molecule has 0 rings (SSSR count). The molecule has 0 spiro atoms. The van der Waals surface area contributed by atoms with Gasteiger partial charge in [-0.05, 0) is 0 Å². The largest absolute Gasteiger partial charge is 0.477 e. The Labute approximate surface area is 141 Å². The number of hydrogen-bond donors (Lipinski definition) is 1. The fourth-order valence-corrected chi connectivity index (χ4v) is 1.10. The van der Waals surface area contributed by atoms with Crippen LogP contribution in [0.1, 0.15) is 0 Å². The SMILES string of the molecule is O=C(O)C(F)(F)C(F)(F)C(F)(F)C(F)(F)C(F)(F)C(F)(F)C(F)(F)F.[Cu]. The predicted molar refractivity (Wildman–Crippen MR) is 43.4 cm³/mol. The maximum Gasteiger partial charge on any atom is 0.460 e. The first-order valence-corrected chi connectivity index (χ1v) is 5.01. The van der Waals surface area contributed by atoms with Crippen LogP contribution in [-0.2, 0) is 21.9 Å². The van der Waals surface area contributed by atoms with Gasteiger partial charge in [-0.25, -0.2) is 4.79 Å². The van der Waals surface area contributed by atoms with Crippen molar-refractivity contribution in [1.82, 2.24) is 0 Å². The van der Waals surface area contributed by atoms with Crippen LogP contribution in [0.4, 0.5) is 65.9 Å². The van der Waals surface area contributed by atoms with Crippen LogP contribution in [0, 0.1) is 0 Å². The van der Waals surface area contributed by atoms with Crippen molar-refractivity contribution >= 4 is 5.97 Å².